The van der Waals surface area contributed by atoms with Gasteiger partial charge < -0.3 is 0 Å². The second-order valence-electron chi connectivity index (χ2n) is 12.0. The standard InChI is InChI=1S/C32H35NO2/c1-20(2)22-12-14-26-23(18-22)13-15-27-31(3,16-7-17-32(26,27)4)19-33-29(34)24-10-5-8-21-9-6-11-25(28(21)24)30(33)35/h5-6,8-12,14,18,20,27H,7,13,15-17,19H2,1-4H3/t27?,31-,32-/m1/s1. The van der Waals surface area contributed by atoms with Crippen molar-refractivity contribution in [2.75, 3.05) is 6.54 Å². The van der Waals surface area contributed by atoms with E-state index in [1.807, 2.05) is 36.4 Å². The van der Waals surface area contributed by atoms with Gasteiger partial charge in [0, 0.05) is 23.1 Å². The minimum atomic E-state index is -0.134. The SMILES string of the molecule is CC(C)c1ccc2c(c1)CCC1[C@@](C)(CN3C(=O)c4cccc5cccc(c45)C3=O)CCC[C@]21C. The molecule has 0 radical (unpaired) electrons. The fourth-order valence-electron chi connectivity index (χ4n) is 7.78. The molecule has 3 aromatic rings. The van der Waals surface area contributed by atoms with Crippen LogP contribution in [-0.4, -0.2) is 23.3 Å². The summed E-state index contributed by atoms with van der Waals surface area (Å²) in [5.74, 6) is 0.705. The molecule has 3 aromatic carbocycles. The van der Waals surface area contributed by atoms with Gasteiger partial charge in [-0.05, 0) is 82.6 Å². The monoisotopic (exact) mass is 465 g/mol. The average molecular weight is 466 g/mol. The van der Waals surface area contributed by atoms with Crippen LogP contribution in [0.5, 0.6) is 0 Å². The van der Waals surface area contributed by atoms with E-state index in [9.17, 15) is 9.59 Å². The number of amides is 2. The highest BCUT2D eigenvalue weighted by atomic mass is 16.2. The largest absolute Gasteiger partial charge is 0.274 e. The predicted molar refractivity (Wildman–Crippen MR) is 141 cm³/mol. The van der Waals surface area contributed by atoms with Crippen LogP contribution < -0.4 is 0 Å². The van der Waals surface area contributed by atoms with Crippen LogP contribution >= 0.6 is 0 Å². The first-order chi connectivity index (χ1) is 16.7. The Labute approximate surface area is 208 Å². The summed E-state index contributed by atoms with van der Waals surface area (Å²) in [5.41, 5.74) is 5.72. The fourth-order valence-corrected chi connectivity index (χ4v) is 7.78. The lowest BCUT2D eigenvalue weighted by Gasteiger charge is -2.56. The molecule has 1 fully saturated rings. The Balaban J connectivity index is 1.37. The van der Waals surface area contributed by atoms with Gasteiger partial charge in [0.2, 0.25) is 0 Å². The summed E-state index contributed by atoms with van der Waals surface area (Å²) in [6, 6.07) is 18.7. The van der Waals surface area contributed by atoms with Gasteiger partial charge in [0.1, 0.15) is 0 Å². The summed E-state index contributed by atoms with van der Waals surface area (Å²) in [4.78, 5) is 28.9. The van der Waals surface area contributed by atoms with E-state index in [-0.39, 0.29) is 22.6 Å². The summed E-state index contributed by atoms with van der Waals surface area (Å²) in [7, 11) is 0. The molecule has 1 unspecified atom stereocenters. The molecule has 180 valence electrons. The summed E-state index contributed by atoms with van der Waals surface area (Å²) in [6.45, 7) is 9.80. The second kappa shape index (κ2) is 7.78. The van der Waals surface area contributed by atoms with Gasteiger partial charge in [0.05, 0.1) is 0 Å². The van der Waals surface area contributed by atoms with E-state index in [4.69, 9.17) is 0 Å². The Morgan fingerprint density at radius 3 is 2.29 bits per heavy atom. The Morgan fingerprint density at radius 1 is 0.943 bits per heavy atom. The van der Waals surface area contributed by atoms with Gasteiger partial charge in [0.15, 0.2) is 0 Å². The molecule has 0 spiro atoms. The molecule has 1 heterocycles. The van der Waals surface area contributed by atoms with Gasteiger partial charge in [-0.1, -0.05) is 76.6 Å². The molecule has 2 aliphatic carbocycles. The topological polar surface area (TPSA) is 37.4 Å². The summed E-state index contributed by atoms with van der Waals surface area (Å²) in [5, 5.41) is 1.77. The Kier molecular flexibility index (Phi) is 5.01. The zero-order valence-corrected chi connectivity index (χ0v) is 21.4. The van der Waals surface area contributed by atoms with Crippen molar-refractivity contribution in [3.05, 3.63) is 82.4 Å². The number of rotatable bonds is 3. The van der Waals surface area contributed by atoms with Crippen molar-refractivity contribution in [3.8, 4) is 0 Å². The van der Waals surface area contributed by atoms with Crippen LogP contribution in [0.15, 0.2) is 54.6 Å². The van der Waals surface area contributed by atoms with E-state index in [1.54, 1.807) is 4.90 Å². The highest BCUT2D eigenvalue weighted by Gasteiger charge is 2.53. The number of carbonyl (C=O) groups excluding carboxylic acids is 2. The maximum atomic E-state index is 13.7. The quantitative estimate of drug-likeness (QED) is 0.381. The zero-order chi connectivity index (χ0) is 24.5. The molecule has 3 heteroatoms. The molecule has 3 nitrogen and oxygen atoms in total. The first-order valence-electron chi connectivity index (χ1n) is 13.2. The first-order valence-corrected chi connectivity index (χ1v) is 13.2. The number of hydrogen-bond donors (Lipinski definition) is 0. The van der Waals surface area contributed by atoms with Crippen molar-refractivity contribution < 1.29 is 9.59 Å². The van der Waals surface area contributed by atoms with Crippen LogP contribution in [0.2, 0.25) is 0 Å². The third kappa shape index (κ3) is 3.23. The number of fused-ring (bicyclic) bond motifs is 3. The highest BCUT2D eigenvalue weighted by molar-refractivity contribution is 6.25. The third-order valence-electron chi connectivity index (χ3n) is 9.54. The van der Waals surface area contributed by atoms with Crippen molar-refractivity contribution in [3.63, 3.8) is 0 Å². The predicted octanol–water partition coefficient (Wildman–Crippen LogP) is 7.27. The lowest BCUT2D eigenvalue weighted by atomic mass is 9.49. The van der Waals surface area contributed by atoms with E-state index < -0.39 is 0 Å². The molecular formula is C32H35NO2. The summed E-state index contributed by atoms with van der Waals surface area (Å²) in [6.07, 6.45) is 5.54. The number of hydrogen-bond acceptors (Lipinski definition) is 2. The van der Waals surface area contributed by atoms with E-state index >= 15 is 0 Å². The molecule has 3 atom stereocenters. The van der Waals surface area contributed by atoms with Gasteiger partial charge in [0.25, 0.3) is 11.8 Å². The van der Waals surface area contributed by atoms with E-state index in [1.165, 1.54) is 23.1 Å². The van der Waals surface area contributed by atoms with Crippen LogP contribution in [0, 0.1) is 11.3 Å². The molecule has 0 N–H and O–H groups in total. The van der Waals surface area contributed by atoms with Crippen molar-refractivity contribution >= 4 is 22.6 Å². The van der Waals surface area contributed by atoms with E-state index in [0.29, 0.717) is 29.5 Å². The Morgan fingerprint density at radius 2 is 1.63 bits per heavy atom. The number of nitrogens with zero attached hydrogens (tertiary/aromatic N) is 1. The third-order valence-corrected chi connectivity index (χ3v) is 9.54. The summed E-state index contributed by atoms with van der Waals surface area (Å²) < 4.78 is 0. The second-order valence-corrected chi connectivity index (χ2v) is 12.0. The zero-order valence-electron chi connectivity index (χ0n) is 21.4. The van der Waals surface area contributed by atoms with Crippen LogP contribution in [-0.2, 0) is 11.8 Å². The normalized spacial score (nSPS) is 27.8. The molecule has 6 rings (SSSR count). The van der Waals surface area contributed by atoms with Gasteiger partial charge in [-0.25, -0.2) is 0 Å². The number of aryl methyl sites for hydroxylation is 1. The maximum Gasteiger partial charge on any atom is 0.261 e. The van der Waals surface area contributed by atoms with E-state index in [0.717, 1.165) is 36.5 Å². The highest BCUT2D eigenvalue weighted by Crippen LogP contribution is 2.57. The van der Waals surface area contributed by atoms with Gasteiger partial charge in [-0.15, -0.1) is 0 Å². The van der Waals surface area contributed by atoms with Crippen LogP contribution in [0.4, 0.5) is 0 Å². The summed E-state index contributed by atoms with van der Waals surface area (Å²) >= 11 is 0. The Hall–Kier alpha value is -2.94. The number of carbonyl (C=O) groups is 2. The van der Waals surface area contributed by atoms with Crippen molar-refractivity contribution in [1.82, 2.24) is 4.90 Å². The maximum absolute atomic E-state index is 13.7. The van der Waals surface area contributed by atoms with Gasteiger partial charge >= 0.3 is 0 Å². The van der Waals surface area contributed by atoms with Crippen molar-refractivity contribution in [1.29, 1.82) is 0 Å². The Bertz CT molecular complexity index is 1320. The molecular weight excluding hydrogens is 430 g/mol. The molecule has 1 aliphatic heterocycles. The molecule has 0 saturated heterocycles. The lowest BCUT2D eigenvalue weighted by molar-refractivity contribution is 0.000255. The van der Waals surface area contributed by atoms with Crippen molar-refractivity contribution in [2.45, 2.75) is 71.1 Å². The fraction of sp³-hybridized carbons (Fsp3) is 0.438. The van der Waals surface area contributed by atoms with Gasteiger partial charge in [-0.2, -0.15) is 0 Å². The average Bonchev–Trinajstić information content (AvgIpc) is 2.84. The molecule has 3 aliphatic rings. The molecule has 0 aromatic heterocycles. The molecule has 35 heavy (non-hydrogen) atoms. The smallest absolute Gasteiger partial charge is 0.261 e. The van der Waals surface area contributed by atoms with Crippen LogP contribution in [0.1, 0.15) is 96.7 Å². The number of benzene rings is 3. The lowest BCUT2D eigenvalue weighted by Crippen LogP contribution is -2.55. The number of imide groups is 1. The molecule has 2 amide bonds. The molecule has 1 saturated carbocycles. The van der Waals surface area contributed by atoms with Crippen LogP contribution in [0.25, 0.3) is 10.8 Å². The van der Waals surface area contributed by atoms with Crippen LogP contribution in [0.3, 0.4) is 0 Å². The van der Waals surface area contributed by atoms with Gasteiger partial charge in [-0.3, -0.25) is 14.5 Å². The molecule has 0 bridgehead atoms. The minimum Gasteiger partial charge on any atom is -0.274 e. The van der Waals surface area contributed by atoms with E-state index in [2.05, 4.69) is 45.9 Å². The van der Waals surface area contributed by atoms with Crippen molar-refractivity contribution in [2.24, 2.45) is 11.3 Å². The minimum absolute atomic E-state index is 0.0793. The first kappa shape index (κ1) is 22.5.